The van der Waals surface area contributed by atoms with Gasteiger partial charge in [-0.25, -0.2) is 0 Å². The lowest BCUT2D eigenvalue weighted by Gasteiger charge is -2.22. The Labute approximate surface area is 133 Å². The molecule has 4 N–H and O–H groups in total. The number of unbranched alkanes of at least 4 members (excludes halogenated alkanes) is 2. The lowest BCUT2D eigenvalue weighted by molar-refractivity contribution is 0.0928. The van der Waals surface area contributed by atoms with Crippen LogP contribution < -0.4 is 16.4 Å². The second-order valence-corrected chi connectivity index (χ2v) is 6.17. The van der Waals surface area contributed by atoms with Gasteiger partial charge in [-0.05, 0) is 50.4 Å². The van der Waals surface area contributed by atoms with E-state index in [0.717, 1.165) is 56.4 Å². The van der Waals surface area contributed by atoms with Crippen molar-refractivity contribution in [1.29, 1.82) is 0 Å². The summed E-state index contributed by atoms with van der Waals surface area (Å²) >= 11 is 0. The van der Waals surface area contributed by atoms with Gasteiger partial charge in [0.05, 0.1) is 0 Å². The Morgan fingerprint density at radius 2 is 1.95 bits per heavy atom. The fourth-order valence-electron chi connectivity index (χ4n) is 2.96. The lowest BCUT2D eigenvalue weighted by atomic mass is 9.95. The number of hydrogen-bond donors (Lipinski definition) is 3. The zero-order valence-corrected chi connectivity index (χ0v) is 13.4. The first kappa shape index (κ1) is 16.8. The molecule has 1 saturated carbocycles. The minimum atomic E-state index is 0.0543. The topological polar surface area (TPSA) is 67.1 Å². The van der Waals surface area contributed by atoms with E-state index in [2.05, 4.69) is 10.6 Å². The number of amides is 1. The lowest BCUT2D eigenvalue weighted by Crippen LogP contribution is -2.36. The van der Waals surface area contributed by atoms with Crippen LogP contribution in [0.1, 0.15) is 61.7 Å². The molecule has 4 nitrogen and oxygen atoms in total. The number of carbonyl (C=O) groups is 1. The smallest absolute Gasteiger partial charge is 0.251 e. The van der Waals surface area contributed by atoms with Gasteiger partial charge < -0.3 is 16.4 Å². The predicted octanol–water partition coefficient (Wildman–Crippen LogP) is 3.29. The van der Waals surface area contributed by atoms with Crippen molar-refractivity contribution in [2.45, 2.75) is 57.4 Å². The molecule has 0 aromatic heterocycles. The number of benzene rings is 1. The number of hydrogen-bond acceptors (Lipinski definition) is 3. The van der Waals surface area contributed by atoms with E-state index in [0.29, 0.717) is 6.04 Å². The molecule has 2 rings (SSSR count). The van der Waals surface area contributed by atoms with Crippen LogP contribution in [0.3, 0.4) is 0 Å². The van der Waals surface area contributed by atoms with Crippen molar-refractivity contribution < 1.29 is 4.79 Å². The van der Waals surface area contributed by atoms with Crippen molar-refractivity contribution in [3.05, 3.63) is 29.8 Å². The molecule has 1 aliphatic carbocycles. The van der Waals surface area contributed by atoms with Crippen molar-refractivity contribution in [3.8, 4) is 0 Å². The van der Waals surface area contributed by atoms with Gasteiger partial charge in [0.2, 0.25) is 0 Å². The summed E-state index contributed by atoms with van der Waals surface area (Å²) < 4.78 is 0. The van der Waals surface area contributed by atoms with Crippen LogP contribution in [-0.2, 0) is 0 Å². The van der Waals surface area contributed by atoms with Gasteiger partial charge in [0.15, 0.2) is 0 Å². The van der Waals surface area contributed by atoms with Gasteiger partial charge in [-0.2, -0.15) is 0 Å². The third-order valence-corrected chi connectivity index (χ3v) is 4.28. The molecule has 0 saturated heterocycles. The molecular weight excluding hydrogens is 274 g/mol. The van der Waals surface area contributed by atoms with Gasteiger partial charge >= 0.3 is 0 Å². The second kappa shape index (κ2) is 9.46. The maximum absolute atomic E-state index is 12.3. The number of carbonyl (C=O) groups excluding carboxylic acids is 1. The number of rotatable bonds is 8. The third kappa shape index (κ3) is 5.68. The average molecular weight is 303 g/mol. The second-order valence-electron chi connectivity index (χ2n) is 6.17. The van der Waals surface area contributed by atoms with Crippen LogP contribution in [0.5, 0.6) is 0 Å². The molecule has 1 amide bonds. The molecule has 0 aliphatic heterocycles. The van der Waals surface area contributed by atoms with Crippen LogP contribution in [0, 0.1) is 0 Å². The summed E-state index contributed by atoms with van der Waals surface area (Å²) in [5, 5.41) is 6.55. The van der Waals surface area contributed by atoms with E-state index in [1.54, 1.807) is 0 Å². The van der Waals surface area contributed by atoms with Crippen molar-refractivity contribution in [3.63, 3.8) is 0 Å². The van der Waals surface area contributed by atoms with Gasteiger partial charge in [0.1, 0.15) is 0 Å². The Morgan fingerprint density at radius 1 is 1.14 bits per heavy atom. The predicted molar refractivity (Wildman–Crippen MR) is 92.2 cm³/mol. The first-order valence-electron chi connectivity index (χ1n) is 8.64. The molecular formula is C18H29N3O. The standard InChI is InChI=1S/C18H29N3O/c19-12-5-2-6-13-20-17-11-7-8-15(14-17)18(22)21-16-9-3-1-4-10-16/h7-8,11,14,16,20H,1-6,9-10,12-13,19H2,(H,21,22). The summed E-state index contributed by atoms with van der Waals surface area (Å²) in [6, 6.07) is 8.14. The van der Waals surface area contributed by atoms with Crippen molar-refractivity contribution in [2.75, 3.05) is 18.4 Å². The molecule has 0 unspecified atom stereocenters. The van der Waals surface area contributed by atoms with Gasteiger partial charge in [0.25, 0.3) is 5.91 Å². The Kier molecular flexibility index (Phi) is 7.23. The van der Waals surface area contributed by atoms with E-state index in [-0.39, 0.29) is 5.91 Å². The highest BCUT2D eigenvalue weighted by atomic mass is 16.1. The summed E-state index contributed by atoms with van der Waals surface area (Å²) in [7, 11) is 0. The van der Waals surface area contributed by atoms with Crippen LogP contribution in [0.25, 0.3) is 0 Å². The molecule has 1 aliphatic rings. The molecule has 0 heterocycles. The average Bonchev–Trinajstić information content (AvgIpc) is 2.56. The molecule has 0 bridgehead atoms. The van der Waals surface area contributed by atoms with Crippen LogP contribution in [0.2, 0.25) is 0 Å². The third-order valence-electron chi connectivity index (χ3n) is 4.28. The van der Waals surface area contributed by atoms with Gasteiger partial charge in [0, 0.05) is 23.8 Å². The molecule has 0 radical (unpaired) electrons. The van der Waals surface area contributed by atoms with E-state index in [4.69, 9.17) is 5.73 Å². The molecule has 1 aromatic rings. The fourth-order valence-corrected chi connectivity index (χ4v) is 2.96. The first-order valence-corrected chi connectivity index (χ1v) is 8.64. The minimum Gasteiger partial charge on any atom is -0.385 e. The molecule has 4 heteroatoms. The van der Waals surface area contributed by atoms with Crippen LogP contribution in [-0.4, -0.2) is 25.0 Å². The van der Waals surface area contributed by atoms with E-state index in [9.17, 15) is 4.79 Å². The minimum absolute atomic E-state index is 0.0543. The van der Waals surface area contributed by atoms with Crippen LogP contribution in [0.4, 0.5) is 5.69 Å². The SMILES string of the molecule is NCCCCCNc1cccc(C(=O)NC2CCCCC2)c1. The Bertz CT molecular complexity index is 455. The largest absolute Gasteiger partial charge is 0.385 e. The molecule has 0 spiro atoms. The van der Waals surface area contributed by atoms with Crippen LogP contribution >= 0.6 is 0 Å². The molecule has 122 valence electrons. The van der Waals surface area contributed by atoms with E-state index in [1.807, 2.05) is 24.3 Å². The zero-order valence-electron chi connectivity index (χ0n) is 13.4. The summed E-state index contributed by atoms with van der Waals surface area (Å²) in [5.41, 5.74) is 7.25. The van der Waals surface area contributed by atoms with Crippen LogP contribution in [0.15, 0.2) is 24.3 Å². The van der Waals surface area contributed by atoms with E-state index in [1.165, 1.54) is 19.3 Å². The van der Waals surface area contributed by atoms with Gasteiger partial charge in [-0.1, -0.05) is 31.7 Å². The molecule has 22 heavy (non-hydrogen) atoms. The Hall–Kier alpha value is -1.55. The Morgan fingerprint density at radius 3 is 2.73 bits per heavy atom. The fraction of sp³-hybridized carbons (Fsp3) is 0.611. The maximum atomic E-state index is 12.3. The number of nitrogens with one attached hydrogen (secondary N) is 2. The molecule has 1 aromatic carbocycles. The molecule has 1 fully saturated rings. The van der Waals surface area contributed by atoms with Gasteiger partial charge in [-0.3, -0.25) is 4.79 Å². The van der Waals surface area contributed by atoms with Gasteiger partial charge in [-0.15, -0.1) is 0 Å². The highest BCUT2D eigenvalue weighted by molar-refractivity contribution is 5.95. The zero-order chi connectivity index (χ0) is 15.6. The highest BCUT2D eigenvalue weighted by Crippen LogP contribution is 2.18. The first-order chi connectivity index (χ1) is 10.8. The van der Waals surface area contributed by atoms with E-state index >= 15 is 0 Å². The number of nitrogens with two attached hydrogens (primary N) is 1. The maximum Gasteiger partial charge on any atom is 0.251 e. The Balaban J connectivity index is 1.80. The molecule has 0 atom stereocenters. The normalized spacial score (nSPS) is 15.5. The monoisotopic (exact) mass is 303 g/mol. The summed E-state index contributed by atoms with van der Waals surface area (Å²) in [5.74, 6) is 0.0543. The van der Waals surface area contributed by atoms with E-state index < -0.39 is 0 Å². The number of anilines is 1. The van der Waals surface area contributed by atoms with Crippen molar-refractivity contribution in [2.24, 2.45) is 5.73 Å². The summed E-state index contributed by atoms with van der Waals surface area (Å²) in [4.78, 5) is 12.3. The van der Waals surface area contributed by atoms with Crippen molar-refractivity contribution >= 4 is 11.6 Å². The summed E-state index contributed by atoms with van der Waals surface area (Å²) in [6.45, 7) is 1.69. The highest BCUT2D eigenvalue weighted by Gasteiger charge is 2.16. The quantitative estimate of drug-likeness (QED) is 0.646. The van der Waals surface area contributed by atoms with Crippen molar-refractivity contribution in [1.82, 2.24) is 5.32 Å². The summed E-state index contributed by atoms with van der Waals surface area (Å²) in [6.07, 6.45) is 9.32.